The van der Waals surface area contributed by atoms with E-state index in [-0.39, 0.29) is 11.8 Å². The van der Waals surface area contributed by atoms with Crippen molar-refractivity contribution in [1.82, 2.24) is 5.43 Å². The highest BCUT2D eigenvalue weighted by Gasteiger charge is 2.43. The molecule has 1 aromatic carbocycles. The predicted molar refractivity (Wildman–Crippen MR) is 80.5 cm³/mol. The molecule has 2 aliphatic rings. The number of benzene rings is 1. The molecule has 0 spiro atoms. The van der Waals surface area contributed by atoms with Crippen molar-refractivity contribution in [3.05, 3.63) is 35.9 Å². The van der Waals surface area contributed by atoms with Crippen molar-refractivity contribution in [2.24, 2.45) is 16.9 Å². The van der Waals surface area contributed by atoms with Gasteiger partial charge in [-0.25, -0.2) is 5.43 Å². The molecule has 20 heavy (non-hydrogen) atoms. The Kier molecular flexibility index (Phi) is 4.14. The first-order valence-electron chi connectivity index (χ1n) is 7.72. The topological polar surface area (TPSA) is 41.5 Å². The zero-order chi connectivity index (χ0) is 13.8. The maximum atomic E-state index is 12.0. The summed E-state index contributed by atoms with van der Waals surface area (Å²) in [5, 5.41) is 4.16. The summed E-state index contributed by atoms with van der Waals surface area (Å²) >= 11 is 0. The number of rotatable bonds is 4. The van der Waals surface area contributed by atoms with Crippen LogP contribution in [0, 0.1) is 11.8 Å². The van der Waals surface area contributed by atoms with Crippen LogP contribution in [0.5, 0.6) is 0 Å². The summed E-state index contributed by atoms with van der Waals surface area (Å²) in [6, 6.07) is 10.3. The minimum absolute atomic E-state index is 0.0749. The molecule has 0 saturated heterocycles. The molecule has 1 N–H and O–H groups in total. The Bertz CT molecular complexity index is 477. The van der Waals surface area contributed by atoms with Gasteiger partial charge in [0.05, 0.1) is 0 Å². The van der Waals surface area contributed by atoms with Gasteiger partial charge in [0.2, 0.25) is 5.91 Å². The Balaban J connectivity index is 1.45. The van der Waals surface area contributed by atoms with Crippen LogP contribution in [0.4, 0.5) is 0 Å². The van der Waals surface area contributed by atoms with Crippen molar-refractivity contribution in [3.63, 3.8) is 0 Å². The summed E-state index contributed by atoms with van der Waals surface area (Å²) in [4.78, 5) is 12.0. The highest BCUT2D eigenvalue weighted by Crippen LogP contribution is 2.47. The third-order valence-corrected chi connectivity index (χ3v) is 4.46. The number of nitrogens with zero attached hydrogens (tertiary/aromatic N) is 1. The number of carbonyl (C=O) groups excluding carboxylic acids is 1. The maximum Gasteiger partial charge on any atom is 0.243 e. The van der Waals surface area contributed by atoms with Gasteiger partial charge >= 0.3 is 0 Å². The zero-order valence-electron chi connectivity index (χ0n) is 11.8. The van der Waals surface area contributed by atoms with E-state index < -0.39 is 0 Å². The molecule has 2 aliphatic carbocycles. The first-order valence-corrected chi connectivity index (χ1v) is 7.72. The Hall–Kier alpha value is -1.64. The van der Waals surface area contributed by atoms with Crippen molar-refractivity contribution < 1.29 is 4.79 Å². The lowest BCUT2D eigenvalue weighted by atomic mass is 9.90. The first-order chi connectivity index (χ1) is 9.84. The van der Waals surface area contributed by atoms with Crippen molar-refractivity contribution >= 4 is 12.1 Å². The Morgan fingerprint density at radius 2 is 1.90 bits per heavy atom. The average molecular weight is 270 g/mol. The molecule has 3 heteroatoms. The van der Waals surface area contributed by atoms with Crippen LogP contribution < -0.4 is 5.43 Å². The van der Waals surface area contributed by atoms with Gasteiger partial charge in [0.25, 0.3) is 0 Å². The summed E-state index contributed by atoms with van der Waals surface area (Å²) in [6.07, 6.45) is 9.26. The highest BCUT2D eigenvalue weighted by molar-refractivity contribution is 5.83. The number of nitrogens with one attached hydrogen (secondary N) is 1. The van der Waals surface area contributed by atoms with Gasteiger partial charge in [0.1, 0.15) is 0 Å². The molecule has 0 radical (unpaired) electrons. The number of hydrazone groups is 1. The average Bonchev–Trinajstić information content (AvgIpc) is 3.30. The van der Waals surface area contributed by atoms with Crippen molar-refractivity contribution in [3.8, 4) is 0 Å². The molecule has 3 rings (SSSR count). The number of amides is 1. The number of hydrogen-bond acceptors (Lipinski definition) is 2. The number of carbonyl (C=O) groups is 1. The fraction of sp³-hybridized carbons (Fsp3) is 0.529. The standard InChI is InChI=1S/C17H22N2O/c20-17(19-18-12-13-7-3-1-4-8-13)16-11-15(16)14-9-5-2-6-10-14/h2,5-6,9-10,12-13,15-16H,1,3-4,7-8,11H2,(H,19,20). The van der Waals surface area contributed by atoms with E-state index >= 15 is 0 Å². The fourth-order valence-electron chi connectivity index (χ4n) is 3.13. The maximum absolute atomic E-state index is 12.0. The normalized spacial score (nSPS) is 26.6. The summed E-state index contributed by atoms with van der Waals surface area (Å²) in [6.45, 7) is 0. The Morgan fingerprint density at radius 1 is 1.15 bits per heavy atom. The van der Waals surface area contributed by atoms with Gasteiger partial charge in [-0.2, -0.15) is 5.10 Å². The van der Waals surface area contributed by atoms with Crippen LogP contribution in [0.15, 0.2) is 35.4 Å². The first kappa shape index (κ1) is 13.3. The molecule has 1 aromatic rings. The smallest absolute Gasteiger partial charge is 0.243 e. The second-order valence-corrected chi connectivity index (χ2v) is 6.01. The van der Waals surface area contributed by atoms with Crippen LogP contribution in [-0.2, 0) is 4.79 Å². The van der Waals surface area contributed by atoms with Gasteiger partial charge < -0.3 is 0 Å². The van der Waals surface area contributed by atoms with Crippen molar-refractivity contribution in [2.45, 2.75) is 44.4 Å². The quantitative estimate of drug-likeness (QED) is 0.660. The molecule has 2 atom stereocenters. The second-order valence-electron chi connectivity index (χ2n) is 6.01. The van der Waals surface area contributed by atoms with Crippen LogP contribution in [0.25, 0.3) is 0 Å². The van der Waals surface area contributed by atoms with Gasteiger partial charge in [0, 0.05) is 12.1 Å². The van der Waals surface area contributed by atoms with E-state index in [0.29, 0.717) is 11.8 Å². The van der Waals surface area contributed by atoms with E-state index in [9.17, 15) is 4.79 Å². The lowest BCUT2D eigenvalue weighted by Crippen LogP contribution is -2.21. The van der Waals surface area contributed by atoms with Gasteiger partial charge in [-0.05, 0) is 36.7 Å². The van der Waals surface area contributed by atoms with E-state index in [1.54, 1.807) is 0 Å². The van der Waals surface area contributed by atoms with E-state index in [0.717, 1.165) is 6.42 Å². The van der Waals surface area contributed by atoms with Crippen LogP contribution in [0.1, 0.15) is 50.0 Å². The van der Waals surface area contributed by atoms with E-state index in [4.69, 9.17) is 0 Å². The van der Waals surface area contributed by atoms with Gasteiger partial charge in [-0.3, -0.25) is 4.79 Å². The molecular weight excluding hydrogens is 248 g/mol. The molecule has 0 aliphatic heterocycles. The highest BCUT2D eigenvalue weighted by atomic mass is 16.2. The van der Waals surface area contributed by atoms with Crippen LogP contribution >= 0.6 is 0 Å². The van der Waals surface area contributed by atoms with E-state index in [1.807, 2.05) is 24.4 Å². The van der Waals surface area contributed by atoms with Gasteiger partial charge in [-0.15, -0.1) is 0 Å². The number of hydrogen-bond donors (Lipinski definition) is 1. The molecule has 2 saturated carbocycles. The summed E-state index contributed by atoms with van der Waals surface area (Å²) < 4.78 is 0. The van der Waals surface area contributed by atoms with Gasteiger partial charge in [0.15, 0.2) is 0 Å². The van der Waals surface area contributed by atoms with Crippen LogP contribution in [0.3, 0.4) is 0 Å². The molecule has 2 fully saturated rings. The summed E-state index contributed by atoms with van der Waals surface area (Å²) in [5.74, 6) is 1.14. The molecule has 2 unspecified atom stereocenters. The predicted octanol–water partition coefficient (Wildman–Crippen LogP) is 3.47. The SMILES string of the molecule is O=C(NN=CC1CCCCC1)C1CC1c1ccccc1. The minimum Gasteiger partial charge on any atom is -0.273 e. The summed E-state index contributed by atoms with van der Waals surface area (Å²) in [7, 11) is 0. The van der Waals surface area contributed by atoms with E-state index in [2.05, 4.69) is 22.7 Å². The van der Waals surface area contributed by atoms with Crippen molar-refractivity contribution in [2.75, 3.05) is 0 Å². The Morgan fingerprint density at radius 3 is 2.65 bits per heavy atom. The fourth-order valence-corrected chi connectivity index (χ4v) is 3.13. The Labute approximate surface area is 120 Å². The minimum atomic E-state index is 0.0749. The largest absolute Gasteiger partial charge is 0.273 e. The molecular formula is C17H22N2O. The molecule has 0 heterocycles. The molecule has 0 bridgehead atoms. The lowest BCUT2D eigenvalue weighted by Gasteiger charge is -2.16. The monoisotopic (exact) mass is 270 g/mol. The van der Waals surface area contributed by atoms with Crippen molar-refractivity contribution in [1.29, 1.82) is 0 Å². The van der Waals surface area contributed by atoms with Crippen LogP contribution in [0.2, 0.25) is 0 Å². The molecule has 0 aromatic heterocycles. The zero-order valence-corrected chi connectivity index (χ0v) is 11.8. The third kappa shape index (κ3) is 3.27. The second kappa shape index (κ2) is 6.21. The van der Waals surface area contributed by atoms with E-state index in [1.165, 1.54) is 37.7 Å². The summed E-state index contributed by atoms with van der Waals surface area (Å²) in [5.41, 5.74) is 3.99. The molecule has 106 valence electrons. The molecule has 1 amide bonds. The van der Waals surface area contributed by atoms with Gasteiger partial charge in [-0.1, -0.05) is 49.6 Å². The van der Waals surface area contributed by atoms with Crippen LogP contribution in [-0.4, -0.2) is 12.1 Å². The third-order valence-electron chi connectivity index (χ3n) is 4.46. The lowest BCUT2D eigenvalue weighted by molar-refractivity contribution is -0.122. The molecule has 3 nitrogen and oxygen atoms in total.